The van der Waals surface area contributed by atoms with E-state index >= 15 is 0 Å². The zero-order chi connectivity index (χ0) is 19.6. The number of rotatable bonds is 11. The van der Waals surface area contributed by atoms with E-state index < -0.39 is 48.1 Å². The Morgan fingerprint density at radius 2 is 1.72 bits per heavy atom. The third-order valence-electron chi connectivity index (χ3n) is 3.12. The molecule has 0 aliphatic heterocycles. The Kier molecular flexibility index (Phi) is 10.2. The second-order valence-corrected chi connectivity index (χ2v) is 6.19. The summed E-state index contributed by atoms with van der Waals surface area (Å²) >= 11 is 4.92. The summed E-state index contributed by atoms with van der Waals surface area (Å²) in [5.41, 5.74) is 3.01. The largest absolute Gasteiger partial charge is 0.479 e. The lowest BCUT2D eigenvalue weighted by atomic mass is 9.94. The van der Waals surface area contributed by atoms with Crippen LogP contribution in [0, 0.1) is 0 Å². The van der Waals surface area contributed by atoms with Crippen LogP contribution in [0.1, 0.15) is 13.8 Å². The number of nitrogens with two attached hydrogens (primary N) is 1. The predicted octanol–water partition coefficient (Wildman–Crippen LogP) is -1.98. The Labute approximate surface area is 154 Å². The number of Topliss-reactive ketones (excluding diaryl/α,β-unsaturated/α-hetero) is 1. The van der Waals surface area contributed by atoms with E-state index in [-0.39, 0.29) is 17.5 Å². The summed E-state index contributed by atoms with van der Waals surface area (Å²) in [6.07, 6.45) is 0. The molecule has 0 fully saturated rings. The molecule has 142 valence electrons. The molecule has 0 spiro atoms. The van der Waals surface area contributed by atoms with E-state index in [1.807, 2.05) is 0 Å². The van der Waals surface area contributed by atoms with Crippen molar-refractivity contribution in [1.82, 2.24) is 15.5 Å². The van der Waals surface area contributed by atoms with Gasteiger partial charge in [-0.2, -0.15) is 12.6 Å². The maximum Gasteiger partial charge on any atom is 0.338 e. The van der Waals surface area contributed by atoms with Crippen LogP contribution in [0.2, 0.25) is 0 Å². The second-order valence-electron chi connectivity index (χ2n) is 4.89. The number of thioether (sulfide) groups is 1. The summed E-state index contributed by atoms with van der Waals surface area (Å²) in [6.45, 7) is 1.43. The molecule has 3 amide bonds. The summed E-state index contributed by atoms with van der Waals surface area (Å²) in [5.74, 6) is -4.73. The van der Waals surface area contributed by atoms with E-state index in [1.54, 1.807) is 0 Å². The molecule has 0 saturated heterocycles. The highest BCUT2D eigenvalue weighted by molar-refractivity contribution is 7.99. The molecule has 1 unspecified atom stereocenters. The molecule has 0 aromatic carbocycles. The molecule has 0 aromatic heterocycles. The second kappa shape index (κ2) is 10.9. The van der Waals surface area contributed by atoms with Crippen molar-refractivity contribution in [3.05, 3.63) is 0 Å². The van der Waals surface area contributed by atoms with Gasteiger partial charge >= 0.3 is 5.97 Å². The van der Waals surface area contributed by atoms with Crippen molar-refractivity contribution in [2.75, 3.05) is 30.6 Å². The maximum absolute atomic E-state index is 12.6. The van der Waals surface area contributed by atoms with E-state index in [4.69, 9.17) is 5.73 Å². The fourth-order valence-corrected chi connectivity index (χ4v) is 3.09. The summed E-state index contributed by atoms with van der Waals surface area (Å²) in [4.78, 5) is 59.1. The Bertz CT molecular complexity index is 545. The van der Waals surface area contributed by atoms with Gasteiger partial charge in [0.25, 0.3) is 0 Å². The van der Waals surface area contributed by atoms with Gasteiger partial charge < -0.3 is 26.4 Å². The first kappa shape index (κ1) is 23.2. The van der Waals surface area contributed by atoms with Crippen LogP contribution in [0.15, 0.2) is 0 Å². The van der Waals surface area contributed by atoms with Crippen molar-refractivity contribution in [3.8, 4) is 0 Å². The number of carbonyl (C=O) groups is 5. The molecule has 12 heteroatoms. The minimum absolute atomic E-state index is 0.0971. The molecule has 0 rings (SSSR count). The maximum atomic E-state index is 12.6. The van der Waals surface area contributed by atoms with Crippen LogP contribution in [0.4, 0.5) is 0 Å². The Morgan fingerprint density at radius 3 is 2.12 bits per heavy atom. The molecule has 0 aromatic rings. The fraction of sp³-hybridized carbons (Fsp3) is 0.615. The highest BCUT2D eigenvalue weighted by atomic mass is 32.2. The normalized spacial score (nSPS) is 12.6. The minimum Gasteiger partial charge on any atom is -0.479 e. The van der Waals surface area contributed by atoms with Gasteiger partial charge in [-0.3, -0.25) is 19.2 Å². The van der Waals surface area contributed by atoms with Gasteiger partial charge in [0.05, 0.1) is 24.8 Å². The Balaban J connectivity index is 5.52. The molecule has 0 saturated carbocycles. The number of carboxylic acid groups (broad SMARTS) is 1. The minimum atomic E-state index is -2.29. The van der Waals surface area contributed by atoms with Crippen LogP contribution in [0.3, 0.4) is 0 Å². The van der Waals surface area contributed by atoms with E-state index in [1.165, 1.54) is 13.8 Å². The van der Waals surface area contributed by atoms with Crippen molar-refractivity contribution < 1.29 is 29.1 Å². The zero-order valence-electron chi connectivity index (χ0n) is 13.9. The van der Waals surface area contributed by atoms with Gasteiger partial charge in [-0.15, -0.1) is 11.8 Å². The van der Waals surface area contributed by atoms with Crippen molar-refractivity contribution in [3.63, 3.8) is 0 Å². The molecule has 0 bridgehead atoms. The number of ketones is 1. The lowest BCUT2D eigenvalue weighted by Crippen LogP contribution is -2.67. The summed E-state index contributed by atoms with van der Waals surface area (Å²) in [7, 11) is 0. The first-order chi connectivity index (χ1) is 11.6. The van der Waals surface area contributed by atoms with E-state index in [2.05, 4.69) is 23.3 Å². The third-order valence-corrected chi connectivity index (χ3v) is 4.40. The lowest BCUT2D eigenvalue weighted by Gasteiger charge is -2.38. The molecule has 0 aliphatic rings. The average Bonchev–Trinajstić information content (AvgIpc) is 2.53. The molecule has 5 N–H and O–H groups in total. The number of carbonyl (C=O) groups excluding carboxylic acids is 4. The van der Waals surface area contributed by atoms with Gasteiger partial charge in [0.1, 0.15) is 0 Å². The molecule has 0 heterocycles. The summed E-state index contributed by atoms with van der Waals surface area (Å²) < 4.78 is 0. The molecule has 0 radical (unpaired) electrons. The monoisotopic (exact) mass is 394 g/mol. The molecule has 25 heavy (non-hydrogen) atoms. The van der Waals surface area contributed by atoms with E-state index in [9.17, 15) is 29.1 Å². The first-order valence-electron chi connectivity index (χ1n) is 7.08. The summed E-state index contributed by atoms with van der Waals surface area (Å²) in [5, 5.41) is 14.4. The topological polar surface area (TPSA) is 159 Å². The fourth-order valence-electron chi connectivity index (χ4n) is 1.78. The van der Waals surface area contributed by atoms with Crippen LogP contribution in [-0.4, -0.2) is 75.6 Å². The number of aliphatic carboxylic acids is 1. The third kappa shape index (κ3) is 6.55. The van der Waals surface area contributed by atoms with Crippen molar-refractivity contribution >= 4 is 53.9 Å². The van der Waals surface area contributed by atoms with Crippen molar-refractivity contribution in [2.24, 2.45) is 5.73 Å². The predicted molar refractivity (Wildman–Crippen MR) is 95.0 cm³/mol. The van der Waals surface area contributed by atoms with Crippen molar-refractivity contribution in [1.29, 1.82) is 0 Å². The van der Waals surface area contributed by atoms with Crippen LogP contribution >= 0.6 is 24.4 Å². The zero-order valence-corrected chi connectivity index (χ0v) is 15.6. The van der Waals surface area contributed by atoms with E-state index in [0.29, 0.717) is 4.90 Å². The van der Waals surface area contributed by atoms with Crippen LogP contribution in [0.25, 0.3) is 0 Å². The highest BCUT2D eigenvalue weighted by Crippen LogP contribution is 2.22. The van der Waals surface area contributed by atoms with E-state index in [0.717, 1.165) is 11.8 Å². The summed E-state index contributed by atoms with van der Waals surface area (Å²) in [6, 6.07) is 0. The van der Waals surface area contributed by atoms with Crippen LogP contribution < -0.4 is 16.4 Å². The SMILES string of the molecule is CC(=O)NCSCC(=O)C(CS)(C(=O)O)N(CNC(C)=O)C(=O)CN. The standard InChI is InChI=1S/C13H22N4O6S2/c1-8(18)15-6-17(11(21)3-14)13(5-24,12(22)23)10(20)4-25-7-16-9(2)19/h24H,3-7,14H2,1-2H3,(H,15,18)(H,16,19)(H,22,23). The van der Waals surface area contributed by atoms with Gasteiger partial charge in [-0.05, 0) is 0 Å². The van der Waals surface area contributed by atoms with Gasteiger partial charge in [0, 0.05) is 19.6 Å². The number of hydrogen-bond acceptors (Lipinski definition) is 8. The van der Waals surface area contributed by atoms with Gasteiger partial charge in [-0.1, -0.05) is 0 Å². The highest BCUT2D eigenvalue weighted by Gasteiger charge is 2.51. The lowest BCUT2D eigenvalue weighted by molar-refractivity contribution is -0.162. The molecule has 1 atom stereocenters. The number of carboxylic acids is 1. The van der Waals surface area contributed by atoms with Gasteiger partial charge in [0.2, 0.25) is 23.3 Å². The molecule has 0 aliphatic carbocycles. The number of amides is 3. The number of nitrogens with zero attached hydrogens (tertiary/aromatic N) is 1. The first-order valence-corrected chi connectivity index (χ1v) is 8.86. The Hall–Kier alpha value is -1.79. The quantitative estimate of drug-likeness (QED) is 0.117. The van der Waals surface area contributed by atoms with Crippen molar-refractivity contribution in [2.45, 2.75) is 19.4 Å². The smallest absolute Gasteiger partial charge is 0.338 e. The number of nitrogens with one attached hydrogen (secondary N) is 2. The van der Waals surface area contributed by atoms with Gasteiger partial charge in [0.15, 0.2) is 5.78 Å². The number of thiol groups is 1. The Morgan fingerprint density at radius 1 is 1.16 bits per heavy atom. The molecule has 10 nitrogen and oxygen atoms in total. The molecular weight excluding hydrogens is 372 g/mol. The van der Waals surface area contributed by atoms with Crippen LogP contribution in [0.5, 0.6) is 0 Å². The molecular formula is C13H22N4O6S2. The number of hydrogen-bond donors (Lipinski definition) is 5. The average molecular weight is 394 g/mol. The van der Waals surface area contributed by atoms with Gasteiger partial charge in [-0.25, -0.2) is 4.79 Å². The van der Waals surface area contributed by atoms with Crippen LogP contribution in [-0.2, 0) is 24.0 Å².